The van der Waals surface area contributed by atoms with E-state index in [1.165, 1.54) is 11.8 Å². The second kappa shape index (κ2) is 9.34. The second-order valence-electron chi connectivity index (χ2n) is 8.29. The number of aryl methyl sites for hydroxylation is 3. The average Bonchev–Trinajstić information content (AvgIpc) is 3.55. The van der Waals surface area contributed by atoms with Crippen LogP contribution in [0.4, 0.5) is 0 Å². The molecule has 0 spiro atoms. The van der Waals surface area contributed by atoms with Crippen LogP contribution in [-0.4, -0.2) is 41.0 Å². The summed E-state index contributed by atoms with van der Waals surface area (Å²) in [7, 11) is 0. The van der Waals surface area contributed by atoms with Crippen molar-refractivity contribution < 1.29 is 9.32 Å². The van der Waals surface area contributed by atoms with Crippen molar-refractivity contribution in [2.45, 2.75) is 32.9 Å². The van der Waals surface area contributed by atoms with Crippen LogP contribution in [0.15, 0.2) is 70.6 Å². The summed E-state index contributed by atoms with van der Waals surface area (Å²) in [6, 6.07) is 15.6. The van der Waals surface area contributed by atoms with E-state index in [-0.39, 0.29) is 11.5 Å². The fourth-order valence-corrected chi connectivity index (χ4v) is 4.98. The Morgan fingerprint density at radius 3 is 2.46 bits per heavy atom. The van der Waals surface area contributed by atoms with Gasteiger partial charge in [0.2, 0.25) is 0 Å². The Kier molecular flexibility index (Phi) is 6.08. The Labute approximate surface area is 207 Å². The Hall–Kier alpha value is -3.98. The predicted molar refractivity (Wildman–Crippen MR) is 134 cm³/mol. The molecule has 0 bridgehead atoms. The molecule has 0 N–H and O–H groups in total. The highest BCUT2D eigenvalue weighted by atomic mass is 32.2. The lowest BCUT2D eigenvalue weighted by atomic mass is 10.2. The Bertz CT molecular complexity index is 1520. The van der Waals surface area contributed by atoms with E-state index < -0.39 is 0 Å². The topological polar surface area (TPSA) is 91.6 Å². The molecule has 4 heterocycles. The maximum Gasteiger partial charge on any atom is 0.196 e. The minimum atomic E-state index is 0.0133. The van der Waals surface area contributed by atoms with Crippen LogP contribution in [0.1, 0.15) is 33.1 Å². The van der Waals surface area contributed by atoms with E-state index in [4.69, 9.17) is 4.52 Å². The van der Waals surface area contributed by atoms with Crippen molar-refractivity contribution in [3.63, 3.8) is 0 Å². The number of hydrogen-bond acceptors (Lipinski definition) is 7. The van der Waals surface area contributed by atoms with E-state index >= 15 is 0 Å². The quantitative estimate of drug-likeness (QED) is 0.228. The molecule has 0 aliphatic carbocycles. The Morgan fingerprint density at radius 1 is 0.971 bits per heavy atom. The molecule has 8 nitrogen and oxygen atoms in total. The number of carbonyl (C=O) groups is 1. The van der Waals surface area contributed by atoms with E-state index in [1.807, 2.05) is 85.4 Å². The lowest BCUT2D eigenvalue weighted by molar-refractivity contribution is 0.102. The molecule has 5 rings (SSSR count). The minimum Gasteiger partial charge on any atom is -0.360 e. The van der Waals surface area contributed by atoms with Crippen LogP contribution >= 0.6 is 11.8 Å². The molecule has 5 aromatic rings. The molecule has 35 heavy (non-hydrogen) atoms. The highest BCUT2D eigenvalue weighted by molar-refractivity contribution is 7.99. The van der Waals surface area contributed by atoms with E-state index in [1.54, 1.807) is 12.4 Å². The molecule has 0 atom stereocenters. The first kappa shape index (κ1) is 22.8. The molecule has 176 valence electrons. The molecule has 0 saturated heterocycles. The summed E-state index contributed by atoms with van der Waals surface area (Å²) in [5.74, 6) is 2.33. The second-order valence-corrected chi connectivity index (χ2v) is 9.23. The molecule has 0 aliphatic heterocycles. The van der Waals surface area contributed by atoms with E-state index in [9.17, 15) is 4.79 Å². The third-order valence-electron chi connectivity index (χ3n) is 5.84. The van der Waals surface area contributed by atoms with E-state index in [2.05, 4.69) is 20.3 Å². The summed E-state index contributed by atoms with van der Waals surface area (Å²) in [5, 5.41) is 13.7. The summed E-state index contributed by atoms with van der Waals surface area (Å²) in [6.45, 7) is 7.77. The number of carbonyl (C=O) groups excluding carboxylic acids is 1. The smallest absolute Gasteiger partial charge is 0.196 e. The third kappa shape index (κ3) is 4.30. The van der Waals surface area contributed by atoms with E-state index in [0.29, 0.717) is 22.4 Å². The van der Waals surface area contributed by atoms with Crippen LogP contribution in [0.2, 0.25) is 0 Å². The van der Waals surface area contributed by atoms with Crippen molar-refractivity contribution in [1.82, 2.24) is 29.5 Å². The number of Topliss-reactive ketones (excluding diaryl/α,β-unsaturated/α-hetero) is 1. The van der Waals surface area contributed by atoms with Crippen molar-refractivity contribution in [2.24, 2.45) is 0 Å². The van der Waals surface area contributed by atoms with Gasteiger partial charge in [0.1, 0.15) is 5.76 Å². The Morgan fingerprint density at radius 2 is 1.74 bits per heavy atom. The summed E-state index contributed by atoms with van der Waals surface area (Å²) in [4.78, 5) is 17.4. The molecule has 0 unspecified atom stereocenters. The lowest BCUT2D eigenvalue weighted by Gasteiger charge is -2.12. The van der Waals surface area contributed by atoms with Gasteiger partial charge in [-0.15, -0.1) is 10.2 Å². The monoisotopic (exact) mass is 484 g/mol. The van der Waals surface area contributed by atoms with Crippen molar-refractivity contribution in [2.75, 3.05) is 5.75 Å². The SMILES string of the molecule is Cc1cc(-n2c(C)cc(C(=O)CSc3nnc(-c4ccncc4)n3-c3ccccc3C)c2C)no1. The van der Waals surface area contributed by atoms with Gasteiger partial charge in [-0.3, -0.25) is 18.9 Å². The molecule has 0 amide bonds. The van der Waals surface area contributed by atoms with Crippen molar-refractivity contribution in [3.05, 3.63) is 89.2 Å². The van der Waals surface area contributed by atoms with Crippen LogP contribution < -0.4 is 0 Å². The number of hydrogen-bond donors (Lipinski definition) is 0. The molecule has 0 fully saturated rings. The van der Waals surface area contributed by atoms with Crippen molar-refractivity contribution in [3.8, 4) is 22.9 Å². The van der Waals surface area contributed by atoms with Crippen LogP contribution in [0.3, 0.4) is 0 Å². The van der Waals surface area contributed by atoms with Crippen LogP contribution in [-0.2, 0) is 0 Å². The number of nitrogens with zero attached hydrogens (tertiary/aromatic N) is 6. The van der Waals surface area contributed by atoms with Gasteiger partial charge in [-0.1, -0.05) is 35.1 Å². The molecular formula is C26H24N6O2S. The highest BCUT2D eigenvalue weighted by Gasteiger charge is 2.22. The fourth-order valence-electron chi connectivity index (χ4n) is 4.15. The summed E-state index contributed by atoms with van der Waals surface area (Å²) in [5.41, 5.74) is 5.37. The molecule has 0 saturated carbocycles. The molecule has 4 aromatic heterocycles. The van der Waals surface area contributed by atoms with Gasteiger partial charge in [-0.25, -0.2) is 0 Å². The first-order valence-corrected chi connectivity index (χ1v) is 12.1. The van der Waals surface area contributed by atoms with Gasteiger partial charge in [-0.05, 0) is 57.5 Å². The third-order valence-corrected chi connectivity index (χ3v) is 6.77. The summed E-state index contributed by atoms with van der Waals surface area (Å²) in [6.07, 6.45) is 3.46. The number of para-hydroxylation sites is 1. The van der Waals surface area contributed by atoms with E-state index in [0.717, 1.165) is 34.0 Å². The zero-order chi connectivity index (χ0) is 24.5. The van der Waals surface area contributed by atoms with Gasteiger partial charge < -0.3 is 4.52 Å². The maximum absolute atomic E-state index is 13.3. The van der Waals surface area contributed by atoms with Crippen LogP contribution in [0, 0.1) is 27.7 Å². The zero-order valence-corrected chi connectivity index (χ0v) is 20.7. The maximum atomic E-state index is 13.3. The predicted octanol–water partition coefficient (Wildman–Crippen LogP) is 5.32. The fraction of sp³-hybridized carbons (Fsp3) is 0.192. The zero-order valence-electron chi connectivity index (χ0n) is 19.9. The first-order valence-electron chi connectivity index (χ1n) is 11.1. The van der Waals surface area contributed by atoms with Crippen LogP contribution in [0.25, 0.3) is 22.9 Å². The molecular weight excluding hydrogens is 460 g/mol. The largest absolute Gasteiger partial charge is 0.360 e. The highest BCUT2D eigenvalue weighted by Crippen LogP contribution is 2.30. The minimum absolute atomic E-state index is 0.0133. The number of rotatable bonds is 7. The first-order chi connectivity index (χ1) is 16.9. The van der Waals surface area contributed by atoms with Crippen molar-refractivity contribution in [1.29, 1.82) is 0 Å². The van der Waals surface area contributed by atoms with Crippen LogP contribution in [0.5, 0.6) is 0 Å². The molecule has 0 radical (unpaired) electrons. The van der Waals surface area contributed by atoms with Gasteiger partial charge >= 0.3 is 0 Å². The van der Waals surface area contributed by atoms with Crippen molar-refractivity contribution >= 4 is 17.5 Å². The number of aromatic nitrogens is 6. The number of thioether (sulfide) groups is 1. The number of ketones is 1. The van der Waals surface area contributed by atoms with Gasteiger partial charge in [0.05, 0.1) is 11.4 Å². The summed E-state index contributed by atoms with van der Waals surface area (Å²) < 4.78 is 9.17. The lowest BCUT2D eigenvalue weighted by Crippen LogP contribution is -2.07. The molecule has 1 aromatic carbocycles. The summed E-state index contributed by atoms with van der Waals surface area (Å²) >= 11 is 1.37. The average molecular weight is 485 g/mol. The van der Waals surface area contributed by atoms with Gasteiger partial charge in [-0.2, -0.15) is 0 Å². The Balaban J connectivity index is 1.46. The number of benzene rings is 1. The molecule has 0 aliphatic rings. The molecule has 9 heteroatoms. The number of pyridine rings is 1. The van der Waals surface area contributed by atoms with Gasteiger partial charge in [0.15, 0.2) is 22.6 Å². The van der Waals surface area contributed by atoms with Gasteiger partial charge in [0, 0.05) is 41.0 Å². The normalized spacial score (nSPS) is 11.2. The standard InChI is InChI=1S/C26H24N6O2S/c1-16-7-5-6-8-22(16)32-25(20-9-11-27-12-10-20)28-29-26(32)35-15-23(33)21-13-17(2)31(19(21)4)24-14-18(3)34-30-24/h5-14H,15H2,1-4H3. The van der Waals surface area contributed by atoms with Gasteiger partial charge in [0.25, 0.3) is 0 Å².